The maximum absolute atomic E-state index is 12.7. The topological polar surface area (TPSA) is 38.3 Å². The summed E-state index contributed by atoms with van der Waals surface area (Å²) >= 11 is 0. The van der Waals surface area contributed by atoms with Gasteiger partial charge in [0.05, 0.1) is 13.2 Å². The fourth-order valence-corrected chi connectivity index (χ4v) is 1.82. The van der Waals surface area contributed by atoms with Crippen molar-refractivity contribution in [3.05, 3.63) is 77.6 Å². The summed E-state index contributed by atoms with van der Waals surface area (Å²) < 4.78 is 18.2. The number of rotatable bonds is 7. The summed E-state index contributed by atoms with van der Waals surface area (Å²) in [5.41, 5.74) is 1.88. The van der Waals surface area contributed by atoms with Crippen molar-refractivity contribution in [3.8, 4) is 0 Å². The molecule has 0 atom stereocenters. The van der Waals surface area contributed by atoms with Gasteiger partial charge in [-0.05, 0) is 29.3 Å². The molecule has 0 heterocycles. The zero-order valence-corrected chi connectivity index (χ0v) is 12.2. The van der Waals surface area contributed by atoms with Crippen molar-refractivity contribution in [2.24, 2.45) is 0 Å². The van der Waals surface area contributed by atoms with Gasteiger partial charge in [-0.2, -0.15) is 0 Å². The number of nitrogens with one attached hydrogen (secondary N) is 1. The molecule has 1 amide bonds. The van der Waals surface area contributed by atoms with Gasteiger partial charge in [-0.3, -0.25) is 4.79 Å². The fraction of sp³-hybridized carbons (Fsp3) is 0.167. The van der Waals surface area contributed by atoms with E-state index in [1.54, 1.807) is 18.2 Å². The molecule has 0 fully saturated rings. The molecule has 0 aliphatic carbocycles. The minimum atomic E-state index is -0.294. The summed E-state index contributed by atoms with van der Waals surface area (Å²) in [5, 5.41) is 2.73. The normalized spacial score (nSPS) is 10.8. The van der Waals surface area contributed by atoms with Crippen LogP contribution in [0.1, 0.15) is 11.1 Å². The van der Waals surface area contributed by atoms with Crippen molar-refractivity contribution in [1.82, 2.24) is 5.32 Å². The molecule has 3 nitrogen and oxygen atoms in total. The Bertz CT molecular complexity index is 609. The van der Waals surface area contributed by atoms with Crippen LogP contribution in [0, 0.1) is 5.82 Å². The largest absolute Gasteiger partial charge is 0.375 e. The van der Waals surface area contributed by atoms with Crippen LogP contribution in [0.4, 0.5) is 4.39 Å². The number of amides is 1. The number of hydrogen-bond acceptors (Lipinski definition) is 2. The van der Waals surface area contributed by atoms with Crippen LogP contribution in [0.25, 0.3) is 6.08 Å². The Labute approximate surface area is 129 Å². The van der Waals surface area contributed by atoms with E-state index >= 15 is 0 Å². The molecule has 2 aromatic rings. The van der Waals surface area contributed by atoms with E-state index in [-0.39, 0.29) is 11.7 Å². The van der Waals surface area contributed by atoms with Crippen molar-refractivity contribution in [1.29, 1.82) is 0 Å². The number of hydrogen-bond donors (Lipinski definition) is 1. The number of benzene rings is 2. The van der Waals surface area contributed by atoms with E-state index < -0.39 is 0 Å². The van der Waals surface area contributed by atoms with E-state index in [0.717, 1.165) is 11.1 Å². The summed E-state index contributed by atoms with van der Waals surface area (Å²) in [5.74, 6) is -0.496. The van der Waals surface area contributed by atoms with Gasteiger partial charge in [0.25, 0.3) is 0 Å². The maximum atomic E-state index is 12.7. The molecule has 0 aliphatic rings. The number of carbonyl (C=O) groups is 1. The Morgan fingerprint density at radius 3 is 2.55 bits per heavy atom. The summed E-state index contributed by atoms with van der Waals surface area (Å²) in [6, 6.07) is 15.8. The zero-order valence-electron chi connectivity index (χ0n) is 12.2. The third kappa shape index (κ3) is 5.89. The van der Waals surface area contributed by atoms with Crippen molar-refractivity contribution in [2.45, 2.75) is 6.61 Å². The van der Waals surface area contributed by atoms with Gasteiger partial charge in [-0.15, -0.1) is 0 Å². The van der Waals surface area contributed by atoms with Gasteiger partial charge < -0.3 is 10.1 Å². The minimum Gasteiger partial charge on any atom is -0.375 e. The average molecular weight is 299 g/mol. The lowest BCUT2D eigenvalue weighted by molar-refractivity contribution is -0.116. The molecule has 0 spiro atoms. The average Bonchev–Trinajstić information content (AvgIpc) is 2.55. The number of ether oxygens (including phenoxy) is 1. The van der Waals surface area contributed by atoms with Gasteiger partial charge in [0, 0.05) is 12.6 Å². The molecule has 0 unspecified atom stereocenters. The first-order valence-corrected chi connectivity index (χ1v) is 7.07. The van der Waals surface area contributed by atoms with E-state index in [1.165, 1.54) is 18.2 Å². The second-order valence-corrected chi connectivity index (χ2v) is 4.71. The molecule has 22 heavy (non-hydrogen) atoms. The van der Waals surface area contributed by atoms with Crippen molar-refractivity contribution in [2.75, 3.05) is 13.2 Å². The number of carbonyl (C=O) groups excluding carboxylic acids is 1. The second-order valence-electron chi connectivity index (χ2n) is 4.71. The Morgan fingerprint density at radius 1 is 1.09 bits per heavy atom. The molecule has 0 radical (unpaired) electrons. The van der Waals surface area contributed by atoms with Gasteiger partial charge in [-0.1, -0.05) is 42.5 Å². The highest BCUT2D eigenvalue weighted by atomic mass is 19.1. The van der Waals surface area contributed by atoms with Crippen LogP contribution in [0.5, 0.6) is 0 Å². The third-order valence-electron chi connectivity index (χ3n) is 2.95. The lowest BCUT2D eigenvalue weighted by atomic mass is 10.2. The van der Waals surface area contributed by atoms with Crippen LogP contribution < -0.4 is 5.32 Å². The highest BCUT2D eigenvalue weighted by Crippen LogP contribution is 2.04. The first-order chi connectivity index (χ1) is 10.7. The third-order valence-corrected chi connectivity index (χ3v) is 2.95. The van der Waals surface area contributed by atoms with Crippen LogP contribution in [0.15, 0.2) is 60.7 Å². The standard InChI is InChI=1S/C18H18FNO2/c19-17-9-6-15(7-10-17)8-11-18(21)20-12-13-22-14-16-4-2-1-3-5-16/h1-11H,12-14H2,(H,20,21)/b11-8+. The Hall–Kier alpha value is -2.46. The molecule has 2 aromatic carbocycles. The zero-order chi connectivity index (χ0) is 15.6. The van der Waals surface area contributed by atoms with Crippen LogP contribution in [0.2, 0.25) is 0 Å². The van der Waals surface area contributed by atoms with E-state index in [2.05, 4.69) is 5.32 Å². The molecule has 0 bridgehead atoms. The molecule has 0 aromatic heterocycles. The SMILES string of the molecule is O=C(/C=C/c1ccc(F)cc1)NCCOCc1ccccc1. The Morgan fingerprint density at radius 2 is 1.82 bits per heavy atom. The van der Waals surface area contributed by atoms with Crippen molar-refractivity contribution >= 4 is 12.0 Å². The number of halogens is 1. The lowest BCUT2D eigenvalue weighted by Gasteiger charge is -2.05. The van der Waals surface area contributed by atoms with Gasteiger partial charge in [0.15, 0.2) is 0 Å². The van der Waals surface area contributed by atoms with E-state index in [4.69, 9.17) is 4.74 Å². The predicted octanol–water partition coefficient (Wildman–Crippen LogP) is 3.17. The lowest BCUT2D eigenvalue weighted by Crippen LogP contribution is -2.25. The molecule has 0 saturated carbocycles. The summed E-state index contributed by atoms with van der Waals surface area (Å²) in [6.07, 6.45) is 3.06. The first-order valence-electron chi connectivity index (χ1n) is 7.07. The molecule has 0 aliphatic heterocycles. The van der Waals surface area contributed by atoms with Gasteiger partial charge >= 0.3 is 0 Å². The van der Waals surface area contributed by atoms with Crippen LogP contribution in [-0.2, 0) is 16.1 Å². The molecule has 2 rings (SSSR count). The van der Waals surface area contributed by atoms with Gasteiger partial charge in [0.1, 0.15) is 5.82 Å². The van der Waals surface area contributed by atoms with Crippen molar-refractivity contribution < 1.29 is 13.9 Å². The fourth-order valence-electron chi connectivity index (χ4n) is 1.82. The summed E-state index contributed by atoms with van der Waals surface area (Å²) in [6.45, 7) is 1.42. The van der Waals surface area contributed by atoms with Gasteiger partial charge in [-0.25, -0.2) is 4.39 Å². The smallest absolute Gasteiger partial charge is 0.244 e. The highest BCUT2D eigenvalue weighted by molar-refractivity contribution is 5.91. The van der Waals surface area contributed by atoms with Crippen molar-refractivity contribution in [3.63, 3.8) is 0 Å². The van der Waals surface area contributed by atoms with E-state index in [9.17, 15) is 9.18 Å². The van der Waals surface area contributed by atoms with Crippen LogP contribution in [-0.4, -0.2) is 19.1 Å². The van der Waals surface area contributed by atoms with Gasteiger partial charge in [0.2, 0.25) is 5.91 Å². The second kappa shape index (κ2) is 8.74. The summed E-state index contributed by atoms with van der Waals surface area (Å²) in [4.78, 5) is 11.6. The molecule has 1 N–H and O–H groups in total. The Balaban J connectivity index is 1.62. The Kier molecular flexibility index (Phi) is 6.33. The quantitative estimate of drug-likeness (QED) is 0.630. The predicted molar refractivity (Wildman–Crippen MR) is 84.5 cm³/mol. The monoisotopic (exact) mass is 299 g/mol. The maximum Gasteiger partial charge on any atom is 0.244 e. The first kappa shape index (κ1) is 15.9. The highest BCUT2D eigenvalue weighted by Gasteiger charge is 1.96. The molecular formula is C18H18FNO2. The van der Waals surface area contributed by atoms with E-state index in [0.29, 0.717) is 19.8 Å². The molecular weight excluding hydrogens is 281 g/mol. The minimum absolute atomic E-state index is 0.201. The molecule has 114 valence electrons. The molecule has 4 heteroatoms. The van der Waals surface area contributed by atoms with Crippen LogP contribution in [0.3, 0.4) is 0 Å². The summed E-state index contributed by atoms with van der Waals surface area (Å²) in [7, 11) is 0. The van der Waals surface area contributed by atoms with Crippen LogP contribution >= 0.6 is 0 Å². The van der Waals surface area contributed by atoms with E-state index in [1.807, 2.05) is 30.3 Å². The molecule has 0 saturated heterocycles.